The van der Waals surface area contributed by atoms with E-state index in [0.717, 1.165) is 16.2 Å². The molecule has 0 atom stereocenters. The topological polar surface area (TPSA) is 54.8 Å². The minimum Gasteiger partial charge on any atom is -0.274 e. The minimum absolute atomic E-state index is 0.263. The van der Waals surface area contributed by atoms with Crippen LogP contribution in [0.2, 0.25) is 0 Å². The molecule has 0 saturated carbocycles. The highest BCUT2D eigenvalue weighted by Crippen LogP contribution is 2.31. The molecule has 2 heterocycles. The van der Waals surface area contributed by atoms with Gasteiger partial charge in [0.05, 0.1) is 24.2 Å². The Hall–Kier alpha value is -2.96. The third kappa shape index (κ3) is 9.20. The normalized spacial score (nSPS) is 13.9. The second-order valence-corrected chi connectivity index (χ2v) is 6.81. The van der Waals surface area contributed by atoms with Crippen LogP contribution in [0.3, 0.4) is 0 Å². The largest absolute Gasteiger partial charge is 0.277 e. The highest BCUT2D eigenvalue weighted by Gasteiger charge is 2.18. The number of aliphatic imine (C=N–C) groups is 1. The van der Waals surface area contributed by atoms with Gasteiger partial charge in [0, 0.05) is 34.7 Å². The number of amides is 1. The average Bonchev–Trinajstić information content (AvgIpc) is 3.05. The number of hydrogen-bond donors (Lipinski definition) is 0. The van der Waals surface area contributed by atoms with Crippen molar-refractivity contribution in [3.05, 3.63) is 100 Å². The Morgan fingerprint density at radius 1 is 1.15 bits per heavy atom. The van der Waals surface area contributed by atoms with Crippen molar-refractivity contribution >= 4 is 23.4 Å². The molecular weight excluding hydrogens is 430 g/mol. The molecule has 0 aromatic carbocycles. The van der Waals surface area contributed by atoms with E-state index in [1.807, 2.05) is 77.3 Å². The maximum Gasteiger partial charge on any atom is 0.277 e. The molecule has 0 aliphatic carbocycles. The van der Waals surface area contributed by atoms with E-state index >= 15 is 0 Å². The van der Waals surface area contributed by atoms with Gasteiger partial charge < -0.3 is 0 Å². The predicted octanol–water partition coefficient (Wildman–Crippen LogP) is 7.05. The number of hydrogen-bond acceptors (Lipinski definition) is 5. The molecular formula is C27H37N3O2S. The number of rotatable bonds is 7. The second kappa shape index (κ2) is 17.6. The molecule has 33 heavy (non-hydrogen) atoms. The van der Waals surface area contributed by atoms with E-state index in [0.29, 0.717) is 17.0 Å². The minimum atomic E-state index is -0.263. The van der Waals surface area contributed by atoms with Crippen LogP contribution in [0, 0.1) is 0 Å². The summed E-state index contributed by atoms with van der Waals surface area (Å²) in [5.74, 6) is -0.263. The first-order valence-corrected chi connectivity index (χ1v) is 12.0. The second-order valence-electron chi connectivity index (χ2n) is 5.90. The summed E-state index contributed by atoms with van der Waals surface area (Å²) in [7, 11) is 3.02. The maximum atomic E-state index is 12.6. The molecule has 178 valence electrons. The van der Waals surface area contributed by atoms with Gasteiger partial charge in [-0.05, 0) is 32.1 Å². The smallest absolute Gasteiger partial charge is 0.274 e. The van der Waals surface area contributed by atoms with Crippen molar-refractivity contribution < 1.29 is 9.63 Å². The lowest BCUT2D eigenvalue weighted by Crippen LogP contribution is -2.26. The van der Waals surface area contributed by atoms with E-state index in [9.17, 15) is 4.79 Å². The highest BCUT2D eigenvalue weighted by atomic mass is 32.2. The number of allylic oxidation sites excluding steroid dienone is 6. The van der Waals surface area contributed by atoms with Crippen LogP contribution < -0.4 is 0 Å². The third-order valence-electron chi connectivity index (χ3n) is 3.95. The number of likely N-dealkylation sites (N-methyl/N-ethyl adjacent to an activating group) is 1. The first-order valence-electron chi connectivity index (χ1n) is 11.1. The Bertz CT molecular complexity index is 939. The summed E-state index contributed by atoms with van der Waals surface area (Å²) in [5, 5.41) is 3.09. The van der Waals surface area contributed by atoms with Gasteiger partial charge >= 0.3 is 0 Å². The number of hydroxylamine groups is 2. The zero-order valence-corrected chi connectivity index (χ0v) is 21.9. The van der Waals surface area contributed by atoms with Gasteiger partial charge in [0.1, 0.15) is 0 Å². The van der Waals surface area contributed by atoms with Crippen LogP contribution in [0.25, 0.3) is 0 Å². The van der Waals surface area contributed by atoms with Crippen molar-refractivity contribution in [3.63, 3.8) is 0 Å². The summed E-state index contributed by atoms with van der Waals surface area (Å²) in [5.41, 5.74) is 3.43. The van der Waals surface area contributed by atoms with E-state index in [4.69, 9.17) is 9.83 Å². The molecule has 0 bridgehead atoms. The molecule has 1 aromatic rings. The lowest BCUT2D eigenvalue weighted by atomic mass is 10.1. The summed E-state index contributed by atoms with van der Waals surface area (Å²) in [6.07, 6.45) is 12.8. The quantitative estimate of drug-likeness (QED) is 0.245. The third-order valence-corrected chi connectivity index (χ3v) is 4.92. The van der Waals surface area contributed by atoms with Crippen LogP contribution in [-0.4, -0.2) is 35.8 Å². The molecule has 1 aliphatic heterocycles. The summed E-state index contributed by atoms with van der Waals surface area (Å²) < 4.78 is 0. The van der Waals surface area contributed by atoms with Crippen LogP contribution in [0.4, 0.5) is 0 Å². The first-order chi connectivity index (χ1) is 16.0. The fourth-order valence-electron chi connectivity index (χ4n) is 2.55. The molecule has 0 saturated heterocycles. The van der Waals surface area contributed by atoms with Gasteiger partial charge in [-0.25, -0.2) is 10.1 Å². The Morgan fingerprint density at radius 2 is 1.85 bits per heavy atom. The molecule has 1 aromatic heterocycles. The molecule has 0 spiro atoms. The van der Waals surface area contributed by atoms with Gasteiger partial charge in [-0.3, -0.25) is 14.6 Å². The van der Waals surface area contributed by atoms with Crippen molar-refractivity contribution in [1.29, 1.82) is 0 Å². The number of carbonyl (C=O) groups excluding carboxylic acids is 1. The van der Waals surface area contributed by atoms with E-state index in [2.05, 4.69) is 11.6 Å². The number of aromatic nitrogens is 1. The zero-order chi connectivity index (χ0) is 25.2. The Balaban J connectivity index is 0.00000242. The van der Waals surface area contributed by atoms with Crippen LogP contribution in [0.1, 0.15) is 47.2 Å². The Morgan fingerprint density at radius 3 is 2.36 bits per heavy atom. The van der Waals surface area contributed by atoms with Gasteiger partial charge in [0.15, 0.2) is 0 Å². The standard InChI is InChI=1S/C23H25N3O2S.2C2H6/c1-6-11-17(23(27)26(4)28-5)15-18-16-29-21(12-7-2)19(8-3)22(25-18)20-13-9-10-14-24-20;2*1-2/h6-16H,3H2,1-2,4-5H3;2*1-2H3/b11-6-,12-7-,17-15+;;. The summed E-state index contributed by atoms with van der Waals surface area (Å²) in [4.78, 5) is 27.9. The number of thioether (sulfide) groups is 1. The van der Waals surface area contributed by atoms with Crippen molar-refractivity contribution in [2.24, 2.45) is 4.99 Å². The van der Waals surface area contributed by atoms with Crippen LogP contribution in [0.5, 0.6) is 0 Å². The molecule has 0 N–H and O–H groups in total. The molecule has 0 unspecified atom stereocenters. The van der Waals surface area contributed by atoms with Gasteiger partial charge in [-0.1, -0.05) is 82.5 Å². The van der Waals surface area contributed by atoms with Crippen LogP contribution in [-0.2, 0) is 9.63 Å². The Labute approximate surface area is 204 Å². The van der Waals surface area contributed by atoms with Crippen molar-refractivity contribution in [2.75, 3.05) is 14.2 Å². The number of carbonyl (C=O) groups is 1. The van der Waals surface area contributed by atoms with Gasteiger partial charge in [-0.2, -0.15) is 0 Å². The van der Waals surface area contributed by atoms with Crippen LogP contribution >= 0.6 is 11.8 Å². The monoisotopic (exact) mass is 467 g/mol. The maximum absolute atomic E-state index is 12.6. The molecule has 0 radical (unpaired) electrons. The lowest BCUT2D eigenvalue weighted by molar-refractivity contribution is -0.163. The van der Waals surface area contributed by atoms with Gasteiger partial charge in [0.2, 0.25) is 0 Å². The molecule has 6 heteroatoms. The van der Waals surface area contributed by atoms with Crippen molar-refractivity contribution in [1.82, 2.24) is 10.0 Å². The SMILES string of the molecule is C=CC1=C(/C=C\C)SC=C(/C=C(\C=C/C)C(=O)N(C)OC)N=C1c1ccccn1.CC.CC. The van der Waals surface area contributed by atoms with Gasteiger partial charge in [0.25, 0.3) is 5.91 Å². The highest BCUT2D eigenvalue weighted by molar-refractivity contribution is 8.06. The number of pyridine rings is 1. The van der Waals surface area contributed by atoms with Crippen molar-refractivity contribution in [3.8, 4) is 0 Å². The van der Waals surface area contributed by atoms with E-state index in [1.54, 1.807) is 37.5 Å². The predicted molar refractivity (Wildman–Crippen MR) is 144 cm³/mol. The average molecular weight is 468 g/mol. The molecule has 2 rings (SSSR count). The Kier molecular flexibility index (Phi) is 16.0. The summed E-state index contributed by atoms with van der Waals surface area (Å²) in [6.45, 7) is 15.8. The molecule has 1 aliphatic rings. The van der Waals surface area contributed by atoms with E-state index < -0.39 is 0 Å². The van der Waals surface area contributed by atoms with E-state index in [1.165, 1.54) is 23.9 Å². The van der Waals surface area contributed by atoms with Crippen LogP contribution in [0.15, 0.2) is 99.6 Å². The first kappa shape index (κ1) is 30.0. The fourth-order valence-corrected chi connectivity index (χ4v) is 3.44. The van der Waals surface area contributed by atoms with E-state index in [-0.39, 0.29) is 5.91 Å². The number of nitrogens with zero attached hydrogens (tertiary/aromatic N) is 3. The molecule has 5 nitrogen and oxygen atoms in total. The summed E-state index contributed by atoms with van der Waals surface area (Å²) >= 11 is 1.53. The lowest BCUT2D eigenvalue weighted by Gasteiger charge is -2.14. The summed E-state index contributed by atoms with van der Waals surface area (Å²) in [6, 6.07) is 5.68. The fraction of sp³-hybridized carbons (Fsp3) is 0.296. The van der Waals surface area contributed by atoms with Crippen molar-refractivity contribution in [2.45, 2.75) is 41.5 Å². The van der Waals surface area contributed by atoms with Gasteiger partial charge in [-0.15, -0.1) is 0 Å². The zero-order valence-electron chi connectivity index (χ0n) is 21.1. The molecule has 0 fully saturated rings. The molecule has 1 amide bonds.